The number of aliphatic hydroxyl groups is 2. The minimum atomic E-state index is -0.780. The molecular formula is C9H11IO2. The summed E-state index contributed by atoms with van der Waals surface area (Å²) in [5.41, 5.74) is 0.785. The highest BCUT2D eigenvalue weighted by atomic mass is 127. The fourth-order valence-electron chi connectivity index (χ4n) is 0.975. The van der Waals surface area contributed by atoms with Crippen LogP contribution in [0.15, 0.2) is 24.3 Å². The summed E-state index contributed by atoms with van der Waals surface area (Å²) in [7, 11) is 0. The summed E-state index contributed by atoms with van der Waals surface area (Å²) in [6.07, 6.45) is -1.50. The topological polar surface area (TPSA) is 40.5 Å². The summed E-state index contributed by atoms with van der Waals surface area (Å²) in [5.74, 6) is 0. The van der Waals surface area contributed by atoms with E-state index in [2.05, 4.69) is 22.6 Å². The molecule has 0 aromatic heterocycles. The normalized spacial score (nSPS) is 15.7. The zero-order chi connectivity index (χ0) is 9.14. The Kier molecular flexibility index (Phi) is 3.49. The predicted molar refractivity (Wildman–Crippen MR) is 55.8 cm³/mol. The second-order valence-electron chi connectivity index (χ2n) is 2.71. The molecule has 0 saturated heterocycles. The van der Waals surface area contributed by atoms with Crippen molar-refractivity contribution in [1.82, 2.24) is 0 Å². The highest BCUT2D eigenvalue weighted by Crippen LogP contribution is 2.21. The number of hydrogen-bond donors (Lipinski definition) is 2. The van der Waals surface area contributed by atoms with Crippen LogP contribution in [0.1, 0.15) is 18.6 Å². The van der Waals surface area contributed by atoms with Gasteiger partial charge in [0, 0.05) is 3.57 Å². The van der Waals surface area contributed by atoms with E-state index >= 15 is 0 Å². The van der Waals surface area contributed by atoms with Gasteiger partial charge in [0.1, 0.15) is 6.10 Å². The van der Waals surface area contributed by atoms with Crippen LogP contribution >= 0.6 is 22.6 Å². The van der Waals surface area contributed by atoms with Gasteiger partial charge in [0.2, 0.25) is 0 Å². The molecule has 0 aliphatic rings. The van der Waals surface area contributed by atoms with E-state index in [1.54, 1.807) is 6.92 Å². The largest absolute Gasteiger partial charge is 0.390 e. The first kappa shape index (κ1) is 9.95. The van der Waals surface area contributed by atoms with E-state index < -0.39 is 12.2 Å². The molecule has 0 radical (unpaired) electrons. The van der Waals surface area contributed by atoms with Gasteiger partial charge in [-0.1, -0.05) is 18.2 Å². The lowest BCUT2D eigenvalue weighted by atomic mass is 10.1. The minimum absolute atomic E-state index is 0.721. The minimum Gasteiger partial charge on any atom is -0.390 e. The zero-order valence-corrected chi connectivity index (χ0v) is 8.89. The van der Waals surface area contributed by atoms with Crippen LogP contribution in [0.25, 0.3) is 0 Å². The molecular weight excluding hydrogens is 267 g/mol. The first-order valence-electron chi connectivity index (χ1n) is 3.73. The van der Waals surface area contributed by atoms with Crippen molar-refractivity contribution in [3.05, 3.63) is 33.4 Å². The van der Waals surface area contributed by atoms with Crippen molar-refractivity contribution in [3.63, 3.8) is 0 Å². The molecule has 0 fully saturated rings. The Morgan fingerprint density at radius 1 is 1.25 bits per heavy atom. The maximum Gasteiger partial charge on any atom is 0.106 e. The molecule has 0 saturated carbocycles. The van der Waals surface area contributed by atoms with Gasteiger partial charge >= 0.3 is 0 Å². The first-order chi connectivity index (χ1) is 5.63. The lowest BCUT2D eigenvalue weighted by Crippen LogP contribution is -2.14. The molecule has 2 nitrogen and oxygen atoms in total. The summed E-state index contributed by atoms with van der Waals surface area (Å²) in [5, 5.41) is 18.7. The smallest absolute Gasteiger partial charge is 0.106 e. The van der Waals surface area contributed by atoms with Gasteiger partial charge in [-0.2, -0.15) is 0 Å². The molecule has 0 aliphatic heterocycles. The molecule has 0 amide bonds. The van der Waals surface area contributed by atoms with Crippen LogP contribution in [0.3, 0.4) is 0 Å². The molecule has 0 aliphatic carbocycles. The van der Waals surface area contributed by atoms with E-state index in [1.807, 2.05) is 24.3 Å². The molecule has 0 heterocycles. The lowest BCUT2D eigenvalue weighted by Gasteiger charge is -2.14. The summed E-state index contributed by atoms with van der Waals surface area (Å²) in [6, 6.07) is 7.48. The molecule has 0 spiro atoms. The number of halogens is 1. The molecule has 1 rings (SSSR count). The highest BCUT2D eigenvalue weighted by molar-refractivity contribution is 14.1. The average molecular weight is 278 g/mol. The molecule has 12 heavy (non-hydrogen) atoms. The maximum absolute atomic E-state index is 9.52. The molecule has 2 atom stereocenters. The Bertz CT molecular complexity index is 260. The first-order valence-corrected chi connectivity index (χ1v) is 4.81. The van der Waals surface area contributed by atoms with Gasteiger partial charge in [0.05, 0.1) is 6.10 Å². The predicted octanol–water partition coefficient (Wildman–Crippen LogP) is 1.71. The van der Waals surface area contributed by atoms with Crippen LogP contribution < -0.4 is 0 Å². The fraction of sp³-hybridized carbons (Fsp3) is 0.333. The fourth-order valence-corrected chi connectivity index (χ4v) is 1.68. The van der Waals surface area contributed by atoms with Crippen LogP contribution in [0, 0.1) is 3.57 Å². The summed E-state index contributed by atoms with van der Waals surface area (Å²) in [6.45, 7) is 1.58. The van der Waals surface area contributed by atoms with Crippen molar-refractivity contribution in [2.24, 2.45) is 0 Å². The third kappa shape index (κ3) is 2.18. The standard InChI is InChI=1S/C9H11IO2/c1-6(11)9(12)7-4-2-3-5-8(7)10/h2-6,9,11-12H,1H3/t6?,9-/m1/s1. The monoisotopic (exact) mass is 278 g/mol. The van der Waals surface area contributed by atoms with E-state index in [4.69, 9.17) is 5.11 Å². The Hall–Kier alpha value is -0.130. The van der Waals surface area contributed by atoms with Crippen LogP contribution in [0.5, 0.6) is 0 Å². The molecule has 1 aromatic rings. The second kappa shape index (κ2) is 4.20. The number of hydrogen-bond acceptors (Lipinski definition) is 2. The summed E-state index contributed by atoms with van der Waals surface area (Å²) in [4.78, 5) is 0. The maximum atomic E-state index is 9.52. The molecule has 2 N–H and O–H groups in total. The molecule has 1 unspecified atom stereocenters. The van der Waals surface area contributed by atoms with Crippen molar-refractivity contribution < 1.29 is 10.2 Å². The van der Waals surface area contributed by atoms with Gasteiger partial charge in [0.25, 0.3) is 0 Å². The van der Waals surface area contributed by atoms with Crippen LogP contribution in [-0.2, 0) is 0 Å². The van der Waals surface area contributed by atoms with E-state index in [0.29, 0.717) is 0 Å². The Morgan fingerprint density at radius 2 is 1.83 bits per heavy atom. The van der Waals surface area contributed by atoms with Crippen molar-refractivity contribution in [1.29, 1.82) is 0 Å². The van der Waals surface area contributed by atoms with Gasteiger partial charge in [-0.25, -0.2) is 0 Å². The third-order valence-corrected chi connectivity index (χ3v) is 2.66. The van der Waals surface area contributed by atoms with Gasteiger partial charge in [-0.15, -0.1) is 0 Å². The summed E-state index contributed by atoms with van der Waals surface area (Å²) >= 11 is 2.14. The SMILES string of the molecule is CC(O)[C@@H](O)c1ccccc1I. The number of benzene rings is 1. The van der Waals surface area contributed by atoms with Gasteiger partial charge in [-0.05, 0) is 41.1 Å². The molecule has 66 valence electrons. The van der Waals surface area contributed by atoms with Gasteiger partial charge in [0.15, 0.2) is 0 Å². The number of aliphatic hydroxyl groups excluding tert-OH is 2. The third-order valence-electron chi connectivity index (χ3n) is 1.68. The molecule has 0 bridgehead atoms. The van der Waals surface area contributed by atoms with Crippen molar-refractivity contribution in [2.45, 2.75) is 19.1 Å². The van der Waals surface area contributed by atoms with Crippen molar-refractivity contribution >= 4 is 22.6 Å². The van der Waals surface area contributed by atoms with E-state index in [1.165, 1.54) is 0 Å². The second-order valence-corrected chi connectivity index (χ2v) is 3.87. The average Bonchev–Trinajstić information content (AvgIpc) is 2.04. The quantitative estimate of drug-likeness (QED) is 0.808. The van der Waals surface area contributed by atoms with Crippen LogP contribution in [0.2, 0.25) is 0 Å². The van der Waals surface area contributed by atoms with Crippen LogP contribution in [-0.4, -0.2) is 16.3 Å². The van der Waals surface area contributed by atoms with Gasteiger partial charge < -0.3 is 10.2 Å². The van der Waals surface area contributed by atoms with E-state index in [-0.39, 0.29) is 0 Å². The van der Waals surface area contributed by atoms with Gasteiger partial charge in [-0.3, -0.25) is 0 Å². The van der Waals surface area contributed by atoms with Crippen molar-refractivity contribution in [2.75, 3.05) is 0 Å². The Morgan fingerprint density at radius 3 is 2.33 bits per heavy atom. The highest BCUT2D eigenvalue weighted by Gasteiger charge is 2.15. The zero-order valence-electron chi connectivity index (χ0n) is 6.74. The molecule has 3 heteroatoms. The van der Waals surface area contributed by atoms with Crippen LogP contribution in [0.4, 0.5) is 0 Å². The number of rotatable bonds is 2. The lowest BCUT2D eigenvalue weighted by molar-refractivity contribution is 0.0300. The van der Waals surface area contributed by atoms with E-state index in [0.717, 1.165) is 9.13 Å². The summed E-state index contributed by atoms with van der Waals surface area (Å²) < 4.78 is 0.975. The Labute approximate surface area is 85.4 Å². The van der Waals surface area contributed by atoms with Crippen molar-refractivity contribution in [3.8, 4) is 0 Å². The van der Waals surface area contributed by atoms with E-state index in [9.17, 15) is 5.11 Å². The Balaban J connectivity index is 2.94. The molecule has 1 aromatic carbocycles.